The molecule has 8 heteroatoms. The van der Waals surface area contributed by atoms with Gasteiger partial charge in [-0.3, -0.25) is 4.90 Å². The van der Waals surface area contributed by atoms with Crippen molar-refractivity contribution in [2.45, 2.75) is 64.0 Å². The maximum atomic E-state index is 12.6. The molecule has 0 amide bonds. The lowest BCUT2D eigenvalue weighted by Gasteiger charge is -2.45. The zero-order valence-electron chi connectivity index (χ0n) is 16.7. The molecular formula is C20H27BrF3NO3. The van der Waals surface area contributed by atoms with Crippen molar-refractivity contribution in [3.8, 4) is 11.5 Å². The Morgan fingerprint density at radius 2 is 1.93 bits per heavy atom. The van der Waals surface area contributed by atoms with E-state index in [1.165, 1.54) is 7.11 Å². The van der Waals surface area contributed by atoms with Crippen molar-refractivity contribution in [3.05, 3.63) is 21.7 Å². The molecule has 4 nitrogen and oxygen atoms in total. The number of hydrogen-bond donors (Lipinski definition) is 0. The van der Waals surface area contributed by atoms with E-state index in [-0.39, 0.29) is 23.5 Å². The average molecular weight is 466 g/mol. The molecule has 0 spiro atoms. The number of nitrogens with zero attached hydrogens (tertiary/aromatic N) is 1. The topological polar surface area (TPSA) is 30.9 Å². The summed E-state index contributed by atoms with van der Waals surface area (Å²) in [6.45, 7) is 6.54. The van der Waals surface area contributed by atoms with Gasteiger partial charge in [0.15, 0.2) is 18.1 Å². The Kier molecular flexibility index (Phi) is 6.23. The third-order valence-electron chi connectivity index (χ3n) is 5.09. The molecule has 2 unspecified atom stereocenters. The SMILES string of the molecule is COc1cc2c(c(Br)c1OCC(F)(F)F)CCN1CC(OC(C)(C)C)CCC21. The second kappa shape index (κ2) is 8.03. The van der Waals surface area contributed by atoms with Gasteiger partial charge in [-0.2, -0.15) is 13.2 Å². The summed E-state index contributed by atoms with van der Waals surface area (Å²) in [5, 5.41) is 0. The van der Waals surface area contributed by atoms with Crippen LogP contribution >= 0.6 is 15.9 Å². The summed E-state index contributed by atoms with van der Waals surface area (Å²) >= 11 is 3.48. The number of ether oxygens (including phenoxy) is 3. The monoisotopic (exact) mass is 465 g/mol. The number of piperidine rings is 1. The quantitative estimate of drug-likeness (QED) is 0.605. The number of fused-ring (bicyclic) bond motifs is 3. The van der Waals surface area contributed by atoms with E-state index in [0.717, 1.165) is 43.5 Å². The van der Waals surface area contributed by atoms with Crippen LogP contribution in [-0.2, 0) is 11.2 Å². The molecule has 3 rings (SSSR count). The summed E-state index contributed by atoms with van der Waals surface area (Å²) in [6.07, 6.45) is -1.59. The zero-order valence-corrected chi connectivity index (χ0v) is 18.2. The second-order valence-electron chi connectivity index (χ2n) is 8.38. The molecule has 1 fully saturated rings. The van der Waals surface area contributed by atoms with Gasteiger partial charge in [0, 0.05) is 19.1 Å². The van der Waals surface area contributed by atoms with Crippen LogP contribution in [0.4, 0.5) is 13.2 Å². The molecule has 0 bridgehead atoms. The third kappa shape index (κ3) is 4.94. The molecular weight excluding hydrogens is 439 g/mol. The molecule has 2 aliphatic heterocycles. The molecule has 0 aliphatic carbocycles. The normalized spacial score (nSPS) is 23.1. The van der Waals surface area contributed by atoms with Crippen LogP contribution in [0.1, 0.15) is 50.8 Å². The minimum atomic E-state index is -4.40. The van der Waals surface area contributed by atoms with E-state index in [9.17, 15) is 13.2 Å². The van der Waals surface area contributed by atoms with Crippen LogP contribution in [0.5, 0.6) is 11.5 Å². The van der Waals surface area contributed by atoms with Crippen molar-refractivity contribution in [2.75, 3.05) is 26.8 Å². The van der Waals surface area contributed by atoms with Crippen molar-refractivity contribution in [3.63, 3.8) is 0 Å². The molecule has 0 saturated carbocycles. The second-order valence-corrected chi connectivity index (χ2v) is 9.18. The van der Waals surface area contributed by atoms with Crippen LogP contribution in [0, 0.1) is 0 Å². The fourth-order valence-electron chi connectivity index (χ4n) is 4.11. The fraction of sp³-hybridized carbons (Fsp3) is 0.700. The Morgan fingerprint density at radius 1 is 1.21 bits per heavy atom. The molecule has 1 aromatic carbocycles. The summed E-state index contributed by atoms with van der Waals surface area (Å²) in [5.41, 5.74) is 1.93. The van der Waals surface area contributed by atoms with Gasteiger partial charge < -0.3 is 14.2 Å². The maximum Gasteiger partial charge on any atom is 0.422 e. The molecule has 2 heterocycles. The van der Waals surface area contributed by atoms with E-state index in [1.807, 2.05) is 6.07 Å². The molecule has 28 heavy (non-hydrogen) atoms. The number of alkyl halides is 3. The number of rotatable bonds is 4. The van der Waals surface area contributed by atoms with Crippen LogP contribution < -0.4 is 9.47 Å². The van der Waals surface area contributed by atoms with Gasteiger partial charge in [-0.15, -0.1) is 0 Å². The maximum absolute atomic E-state index is 12.6. The van der Waals surface area contributed by atoms with Crippen molar-refractivity contribution in [1.82, 2.24) is 4.90 Å². The lowest BCUT2D eigenvalue weighted by Crippen LogP contribution is -2.47. The van der Waals surface area contributed by atoms with Crippen molar-refractivity contribution in [1.29, 1.82) is 0 Å². The first kappa shape index (κ1) is 21.7. The number of halogens is 4. The van der Waals surface area contributed by atoms with Gasteiger partial charge in [-0.25, -0.2) is 0 Å². The minimum Gasteiger partial charge on any atom is -0.493 e. The highest BCUT2D eigenvalue weighted by Gasteiger charge is 2.37. The highest BCUT2D eigenvalue weighted by Crippen LogP contribution is 2.47. The molecule has 0 aromatic heterocycles. The van der Waals surface area contributed by atoms with Gasteiger partial charge in [0.1, 0.15) is 0 Å². The molecule has 0 N–H and O–H groups in total. The summed E-state index contributed by atoms with van der Waals surface area (Å²) in [7, 11) is 1.45. The summed E-state index contributed by atoms with van der Waals surface area (Å²) in [6, 6.07) is 2.05. The van der Waals surface area contributed by atoms with Gasteiger partial charge in [0.2, 0.25) is 0 Å². The molecule has 158 valence electrons. The zero-order chi connectivity index (χ0) is 20.7. The third-order valence-corrected chi connectivity index (χ3v) is 5.93. The molecule has 1 saturated heterocycles. The first-order valence-corrected chi connectivity index (χ1v) is 10.3. The summed E-state index contributed by atoms with van der Waals surface area (Å²) in [4.78, 5) is 2.41. The standard InChI is InChI=1S/C20H27BrF3NO3/c1-19(2,3)28-12-5-6-15-14-9-16(26-4)18(27-11-20(22,23)24)17(21)13(14)7-8-25(15)10-12/h9,12,15H,5-8,10-11H2,1-4H3. The lowest BCUT2D eigenvalue weighted by atomic mass is 9.85. The van der Waals surface area contributed by atoms with E-state index in [4.69, 9.17) is 14.2 Å². The fourth-order valence-corrected chi connectivity index (χ4v) is 4.85. The van der Waals surface area contributed by atoms with Crippen molar-refractivity contribution in [2.24, 2.45) is 0 Å². The molecule has 0 radical (unpaired) electrons. The smallest absolute Gasteiger partial charge is 0.422 e. The van der Waals surface area contributed by atoms with Crippen molar-refractivity contribution < 1.29 is 27.4 Å². The summed E-state index contributed by atoms with van der Waals surface area (Å²) in [5.74, 6) is 0.446. The Bertz CT molecular complexity index is 718. The highest BCUT2D eigenvalue weighted by molar-refractivity contribution is 9.10. The van der Waals surface area contributed by atoms with E-state index in [2.05, 4.69) is 41.6 Å². The first-order valence-electron chi connectivity index (χ1n) is 9.49. The van der Waals surface area contributed by atoms with Crippen molar-refractivity contribution >= 4 is 15.9 Å². The molecule has 1 aromatic rings. The van der Waals surface area contributed by atoms with Crippen LogP contribution in [0.2, 0.25) is 0 Å². The van der Waals surface area contributed by atoms with E-state index in [1.54, 1.807) is 0 Å². The van der Waals surface area contributed by atoms with Crippen LogP contribution in [0.15, 0.2) is 10.5 Å². The number of benzene rings is 1. The van der Waals surface area contributed by atoms with E-state index >= 15 is 0 Å². The van der Waals surface area contributed by atoms with Crippen LogP contribution in [0.3, 0.4) is 0 Å². The minimum absolute atomic E-state index is 0.122. The Balaban J connectivity index is 1.84. The van der Waals surface area contributed by atoms with Gasteiger partial charge in [-0.1, -0.05) is 0 Å². The average Bonchev–Trinajstić information content (AvgIpc) is 2.57. The predicted octanol–water partition coefficient (Wildman–Crippen LogP) is 5.28. The molecule has 2 aliphatic rings. The van der Waals surface area contributed by atoms with Gasteiger partial charge >= 0.3 is 6.18 Å². The first-order chi connectivity index (χ1) is 13.0. The number of hydrogen-bond acceptors (Lipinski definition) is 4. The highest BCUT2D eigenvalue weighted by atomic mass is 79.9. The molecule has 2 atom stereocenters. The number of methoxy groups -OCH3 is 1. The van der Waals surface area contributed by atoms with Crippen LogP contribution in [0.25, 0.3) is 0 Å². The van der Waals surface area contributed by atoms with Crippen LogP contribution in [-0.4, -0.2) is 49.6 Å². The summed E-state index contributed by atoms with van der Waals surface area (Å²) < 4.78 is 55.0. The largest absolute Gasteiger partial charge is 0.493 e. The Labute approximate surface area is 172 Å². The lowest BCUT2D eigenvalue weighted by molar-refractivity contribution is -0.153. The van der Waals surface area contributed by atoms with Gasteiger partial charge in [0.05, 0.1) is 23.3 Å². The Morgan fingerprint density at radius 3 is 2.54 bits per heavy atom. The van der Waals surface area contributed by atoms with Gasteiger partial charge in [-0.05, 0) is 73.2 Å². The Hall–Kier alpha value is -0.990. The predicted molar refractivity (Wildman–Crippen MR) is 104 cm³/mol. The van der Waals surface area contributed by atoms with E-state index in [0.29, 0.717) is 10.2 Å². The van der Waals surface area contributed by atoms with E-state index < -0.39 is 12.8 Å². The van der Waals surface area contributed by atoms with Gasteiger partial charge in [0.25, 0.3) is 0 Å².